The molecule has 5 atom stereocenters. The number of nitrogens with one attached hydrogen (secondary N) is 2. The molecule has 0 bridgehead atoms. The summed E-state index contributed by atoms with van der Waals surface area (Å²) >= 11 is 0. The smallest absolute Gasteiger partial charge is 0.353 e. The molecule has 0 aromatic heterocycles. The van der Waals surface area contributed by atoms with Crippen molar-refractivity contribution in [3.63, 3.8) is 0 Å². The van der Waals surface area contributed by atoms with Gasteiger partial charge in [0, 0.05) is 19.6 Å². The highest BCUT2D eigenvalue weighted by atomic mass is 19.4. The molecule has 1 spiro atoms. The number of likely N-dealkylation sites (tertiary alicyclic amines) is 1. The summed E-state index contributed by atoms with van der Waals surface area (Å²) in [5.74, 6) is -3.78. The molecular formula is C23H34F3N5O4. The number of nitriles is 1. The van der Waals surface area contributed by atoms with Gasteiger partial charge in [-0.2, -0.15) is 18.4 Å². The van der Waals surface area contributed by atoms with Crippen molar-refractivity contribution in [3.05, 3.63) is 0 Å². The third-order valence-corrected chi connectivity index (χ3v) is 6.85. The van der Waals surface area contributed by atoms with Gasteiger partial charge < -0.3 is 20.4 Å². The van der Waals surface area contributed by atoms with E-state index in [1.165, 1.54) is 11.9 Å². The van der Waals surface area contributed by atoms with E-state index in [9.17, 15) is 37.6 Å². The zero-order valence-electron chi connectivity index (χ0n) is 20.9. The summed E-state index contributed by atoms with van der Waals surface area (Å²) in [6.45, 7) is 8.72. The van der Waals surface area contributed by atoms with Gasteiger partial charge in [-0.05, 0) is 38.0 Å². The Bertz CT molecular complexity index is 901. The van der Waals surface area contributed by atoms with Crippen LogP contribution in [0, 0.1) is 28.6 Å². The maximum Gasteiger partial charge on any atom is 0.471 e. The second kappa shape index (κ2) is 10.4. The van der Waals surface area contributed by atoms with Gasteiger partial charge in [0.2, 0.25) is 17.7 Å². The first-order valence-electron chi connectivity index (χ1n) is 11.7. The highest BCUT2D eigenvalue weighted by Gasteiger charge is 2.56. The SMILES string of the molecule is CC(C)C[C@@H](C(=O)N1C[C@]2(CC(C(C)C)NC2=O)C[C@H]1C#N)N(C)C(=O)[C@H](C)NC(=O)C(F)(F)F. The van der Waals surface area contributed by atoms with Crippen LogP contribution in [0.15, 0.2) is 0 Å². The van der Waals surface area contributed by atoms with E-state index in [0.717, 1.165) is 11.8 Å². The Morgan fingerprint density at radius 3 is 2.29 bits per heavy atom. The fourth-order valence-electron chi connectivity index (χ4n) is 4.79. The molecule has 4 amide bonds. The van der Waals surface area contributed by atoms with Crippen molar-refractivity contribution in [2.75, 3.05) is 13.6 Å². The number of amides is 4. The van der Waals surface area contributed by atoms with Crippen LogP contribution in [0.3, 0.4) is 0 Å². The van der Waals surface area contributed by atoms with Crippen LogP contribution in [-0.2, 0) is 19.2 Å². The number of hydrogen-bond donors (Lipinski definition) is 2. The molecule has 2 aliphatic heterocycles. The van der Waals surface area contributed by atoms with E-state index in [-0.39, 0.29) is 43.2 Å². The molecule has 2 rings (SSSR count). The van der Waals surface area contributed by atoms with Crippen LogP contribution in [0.5, 0.6) is 0 Å². The standard InChI is InChI=1S/C23H34F3N5O4/c1-12(2)7-17(30(6)18(32)14(5)28-21(35)23(24,25)26)19(33)31-11-22(8-15(31)10-27)9-16(13(3)4)29-20(22)34/h12-17H,7-9,11H2,1-6H3,(H,28,35)(H,29,34)/t14-,15-,16?,17-,22+/m0/s1. The summed E-state index contributed by atoms with van der Waals surface area (Å²) in [5.41, 5.74) is -0.899. The molecule has 2 heterocycles. The summed E-state index contributed by atoms with van der Waals surface area (Å²) in [7, 11) is 1.29. The number of carbonyl (C=O) groups is 4. The Kier molecular flexibility index (Phi) is 8.45. The third-order valence-electron chi connectivity index (χ3n) is 6.85. The molecule has 2 fully saturated rings. The van der Waals surface area contributed by atoms with Gasteiger partial charge in [-0.25, -0.2) is 0 Å². The van der Waals surface area contributed by atoms with E-state index in [1.807, 2.05) is 27.7 Å². The Hall–Kier alpha value is -2.84. The number of nitrogens with zero attached hydrogens (tertiary/aromatic N) is 3. The lowest BCUT2D eigenvalue weighted by Gasteiger charge is -2.34. The molecule has 0 aliphatic carbocycles. The molecule has 2 N–H and O–H groups in total. The highest BCUT2D eigenvalue weighted by Crippen LogP contribution is 2.44. The molecular weight excluding hydrogens is 467 g/mol. The number of rotatable bonds is 7. The summed E-state index contributed by atoms with van der Waals surface area (Å²) < 4.78 is 37.8. The zero-order valence-corrected chi connectivity index (χ0v) is 20.9. The molecule has 35 heavy (non-hydrogen) atoms. The topological polar surface area (TPSA) is 123 Å². The van der Waals surface area contributed by atoms with Gasteiger partial charge >= 0.3 is 12.1 Å². The average Bonchev–Trinajstić information content (AvgIpc) is 3.29. The number of alkyl halides is 3. The molecule has 12 heteroatoms. The van der Waals surface area contributed by atoms with Crippen LogP contribution in [0.4, 0.5) is 13.2 Å². The molecule has 9 nitrogen and oxygen atoms in total. The van der Waals surface area contributed by atoms with Crippen molar-refractivity contribution in [1.29, 1.82) is 5.26 Å². The van der Waals surface area contributed by atoms with Crippen LogP contribution in [0.2, 0.25) is 0 Å². The van der Waals surface area contributed by atoms with Crippen molar-refractivity contribution in [2.45, 2.75) is 84.2 Å². The number of halogens is 3. The lowest BCUT2D eigenvalue weighted by atomic mass is 9.81. The van der Waals surface area contributed by atoms with E-state index in [1.54, 1.807) is 5.32 Å². The normalized spacial score (nSPS) is 26.0. The lowest BCUT2D eigenvalue weighted by molar-refractivity contribution is -0.175. The summed E-state index contributed by atoms with van der Waals surface area (Å²) in [4.78, 5) is 53.0. The van der Waals surface area contributed by atoms with Crippen LogP contribution in [0.1, 0.15) is 53.9 Å². The summed E-state index contributed by atoms with van der Waals surface area (Å²) in [5, 5.41) is 14.3. The number of carbonyl (C=O) groups excluding carboxylic acids is 4. The van der Waals surface area contributed by atoms with E-state index in [4.69, 9.17) is 0 Å². The number of likely N-dealkylation sites (N-methyl/N-ethyl adjacent to an activating group) is 1. The minimum Gasteiger partial charge on any atom is -0.353 e. The Morgan fingerprint density at radius 2 is 1.83 bits per heavy atom. The van der Waals surface area contributed by atoms with E-state index >= 15 is 0 Å². The van der Waals surface area contributed by atoms with Gasteiger partial charge in [0.05, 0.1) is 11.5 Å². The fraction of sp³-hybridized carbons (Fsp3) is 0.783. The van der Waals surface area contributed by atoms with Crippen molar-refractivity contribution in [2.24, 2.45) is 17.3 Å². The van der Waals surface area contributed by atoms with Gasteiger partial charge in [0.25, 0.3) is 0 Å². The van der Waals surface area contributed by atoms with E-state index in [2.05, 4.69) is 11.4 Å². The van der Waals surface area contributed by atoms with E-state index < -0.39 is 47.4 Å². The van der Waals surface area contributed by atoms with Gasteiger partial charge in [-0.3, -0.25) is 19.2 Å². The summed E-state index contributed by atoms with van der Waals surface area (Å²) in [6, 6.07) is -1.47. The average molecular weight is 502 g/mol. The molecule has 0 radical (unpaired) electrons. The molecule has 1 unspecified atom stereocenters. The van der Waals surface area contributed by atoms with Crippen LogP contribution in [-0.4, -0.2) is 77.4 Å². The molecule has 0 aromatic carbocycles. The van der Waals surface area contributed by atoms with Crippen LogP contribution in [0.25, 0.3) is 0 Å². The predicted octanol–water partition coefficient (Wildman–Crippen LogP) is 1.58. The van der Waals surface area contributed by atoms with Gasteiger partial charge in [0.15, 0.2) is 0 Å². The largest absolute Gasteiger partial charge is 0.471 e. The molecule has 2 saturated heterocycles. The molecule has 2 aliphatic rings. The maximum atomic E-state index is 13.6. The van der Waals surface area contributed by atoms with Gasteiger partial charge in [0.1, 0.15) is 18.1 Å². The minimum absolute atomic E-state index is 0.0239. The predicted molar refractivity (Wildman–Crippen MR) is 119 cm³/mol. The van der Waals surface area contributed by atoms with Gasteiger partial charge in [-0.15, -0.1) is 0 Å². The Morgan fingerprint density at radius 1 is 1.23 bits per heavy atom. The monoisotopic (exact) mass is 501 g/mol. The van der Waals surface area contributed by atoms with Crippen molar-refractivity contribution >= 4 is 23.6 Å². The third kappa shape index (κ3) is 6.05. The van der Waals surface area contributed by atoms with Crippen LogP contribution >= 0.6 is 0 Å². The van der Waals surface area contributed by atoms with Gasteiger partial charge in [-0.1, -0.05) is 27.7 Å². The minimum atomic E-state index is -5.15. The maximum absolute atomic E-state index is 13.6. The molecule has 196 valence electrons. The van der Waals surface area contributed by atoms with Crippen LogP contribution < -0.4 is 10.6 Å². The Balaban J connectivity index is 2.27. The molecule has 0 saturated carbocycles. The molecule has 0 aromatic rings. The second-order valence-electron chi connectivity index (χ2n) is 10.4. The second-order valence-corrected chi connectivity index (χ2v) is 10.4. The lowest BCUT2D eigenvalue weighted by Crippen LogP contribution is -2.56. The quantitative estimate of drug-likeness (QED) is 0.549. The first-order valence-corrected chi connectivity index (χ1v) is 11.7. The zero-order chi connectivity index (χ0) is 26.9. The highest BCUT2D eigenvalue weighted by molar-refractivity contribution is 5.94. The first kappa shape index (κ1) is 28.4. The van der Waals surface area contributed by atoms with Crippen molar-refractivity contribution in [3.8, 4) is 6.07 Å². The number of hydrogen-bond acceptors (Lipinski definition) is 5. The fourth-order valence-corrected chi connectivity index (χ4v) is 4.79. The first-order chi connectivity index (χ1) is 16.0. The van der Waals surface area contributed by atoms with Crippen molar-refractivity contribution < 1.29 is 32.3 Å². The van der Waals surface area contributed by atoms with E-state index in [0.29, 0.717) is 6.42 Å². The summed E-state index contributed by atoms with van der Waals surface area (Å²) in [6.07, 6.45) is -4.31. The van der Waals surface area contributed by atoms with Crippen molar-refractivity contribution in [1.82, 2.24) is 20.4 Å². The Labute approximate surface area is 203 Å².